The van der Waals surface area contributed by atoms with Gasteiger partial charge in [-0.15, -0.1) is 0 Å². The highest BCUT2D eigenvalue weighted by Gasteiger charge is 2.56. The fraction of sp³-hybridized carbons (Fsp3) is 0.625. The van der Waals surface area contributed by atoms with Gasteiger partial charge in [0.25, 0.3) is 0 Å². The van der Waals surface area contributed by atoms with Crippen molar-refractivity contribution >= 4 is 63.7 Å². The smallest absolute Gasteiger partial charge is 0.137 e. The number of halogens is 4. The van der Waals surface area contributed by atoms with E-state index >= 15 is 0 Å². The first-order valence-corrected chi connectivity index (χ1v) is 10.8. The minimum absolute atomic E-state index is 0.100. The summed E-state index contributed by atoms with van der Waals surface area (Å²) in [4.78, 5) is 0.544. The largest absolute Gasteiger partial charge is 0.485 e. The van der Waals surface area contributed by atoms with E-state index in [0.29, 0.717) is 10.7 Å². The molecule has 21 heavy (non-hydrogen) atoms. The molecule has 1 aliphatic heterocycles. The molecule has 0 aromatic heterocycles. The first kappa shape index (κ1) is 16.8. The van der Waals surface area contributed by atoms with Crippen LogP contribution in [0.5, 0.6) is 5.75 Å². The van der Waals surface area contributed by atoms with Crippen molar-refractivity contribution in [2.24, 2.45) is 11.3 Å². The van der Waals surface area contributed by atoms with Crippen molar-refractivity contribution in [1.82, 2.24) is 0 Å². The second-order valence-corrected chi connectivity index (χ2v) is 10.2. The molecule has 0 N–H and O–H groups in total. The summed E-state index contributed by atoms with van der Waals surface area (Å²) < 4.78 is 8.76. The highest BCUT2D eigenvalue weighted by atomic mass is 79.9. The topological polar surface area (TPSA) is 9.23 Å². The summed E-state index contributed by atoms with van der Waals surface area (Å²) in [7, 11) is 0. The Morgan fingerprint density at radius 2 is 2.00 bits per heavy atom. The van der Waals surface area contributed by atoms with Crippen LogP contribution in [-0.4, -0.2) is 15.8 Å². The predicted octanol–water partition coefficient (Wildman–Crippen LogP) is 6.48. The van der Waals surface area contributed by atoms with Gasteiger partial charge < -0.3 is 4.74 Å². The molecule has 1 heterocycles. The minimum Gasteiger partial charge on any atom is -0.485 e. The van der Waals surface area contributed by atoms with E-state index in [1.807, 2.05) is 0 Å². The van der Waals surface area contributed by atoms with Crippen LogP contribution in [0.1, 0.15) is 32.3 Å². The zero-order valence-electron chi connectivity index (χ0n) is 12.1. The molecule has 5 heteroatoms. The number of ether oxygens (including phenoxy) is 1. The van der Waals surface area contributed by atoms with Gasteiger partial charge in [0.1, 0.15) is 11.4 Å². The summed E-state index contributed by atoms with van der Waals surface area (Å²) >= 11 is 14.9. The molecule has 0 amide bonds. The Bertz CT molecular complexity index is 572. The average Bonchev–Trinajstić information content (AvgIpc) is 2.43. The standard InChI is InChI=1S/C16H18Br4O/c1-15(2)12-6-9-5-10(18)7-11(19)14(9)21-16(12,8-17)4-3-13(15)20/h5,7,12-13H,3-4,6,8H2,1-2H3/t12-,13-,16+/m0/s1. The Hall–Kier alpha value is 0.940. The van der Waals surface area contributed by atoms with Gasteiger partial charge in [0.2, 0.25) is 0 Å². The Kier molecular flexibility index (Phi) is 4.62. The van der Waals surface area contributed by atoms with Crippen LogP contribution in [0.25, 0.3) is 0 Å². The molecule has 1 fully saturated rings. The minimum atomic E-state index is -0.100. The summed E-state index contributed by atoms with van der Waals surface area (Å²) in [6.07, 6.45) is 3.30. The van der Waals surface area contributed by atoms with Gasteiger partial charge in [-0.2, -0.15) is 0 Å². The molecule has 3 rings (SSSR count). The van der Waals surface area contributed by atoms with Gasteiger partial charge in [0.05, 0.1) is 4.47 Å². The highest BCUT2D eigenvalue weighted by Crippen LogP contribution is 2.56. The Labute approximate surface area is 160 Å². The normalized spacial score (nSPS) is 33.8. The number of hydrogen-bond acceptors (Lipinski definition) is 1. The quantitative estimate of drug-likeness (QED) is 0.367. The zero-order chi connectivity index (χ0) is 15.4. The molecule has 0 bridgehead atoms. The molecule has 2 aliphatic rings. The molecule has 1 aliphatic carbocycles. The summed E-state index contributed by atoms with van der Waals surface area (Å²) in [5.41, 5.74) is 1.41. The SMILES string of the molecule is CC1(C)[C@@H](Br)CC[C@]2(CBr)Oc3c(Br)cc(Br)cc3C[C@@H]12. The molecule has 0 spiro atoms. The van der Waals surface area contributed by atoms with E-state index < -0.39 is 0 Å². The first-order chi connectivity index (χ1) is 9.80. The second-order valence-electron chi connectivity index (χ2n) is 6.76. The van der Waals surface area contributed by atoms with Gasteiger partial charge in [-0.25, -0.2) is 0 Å². The van der Waals surface area contributed by atoms with E-state index in [1.165, 1.54) is 5.56 Å². The van der Waals surface area contributed by atoms with E-state index in [4.69, 9.17) is 4.74 Å². The van der Waals surface area contributed by atoms with Gasteiger partial charge in [0, 0.05) is 20.5 Å². The lowest BCUT2D eigenvalue weighted by Crippen LogP contribution is -2.60. The van der Waals surface area contributed by atoms with Crippen molar-refractivity contribution < 1.29 is 4.74 Å². The van der Waals surface area contributed by atoms with Gasteiger partial charge in [-0.3, -0.25) is 0 Å². The van der Waals surface area contributed by atoms with Crippen molar-refractivity contribution in [1.29, 1.82) is 0 Å². The van der Waals surface area contributed by atoms with Crippen molar-refractivity contribution in [3.63, 3.8) is 0 Å². The zero-order valence-corrected chi connectivity index (χ0v) is 18.4. The van der Waals surface area contributed by atoms with E-state index in [1.54, 1.807) is 0 Å². The van der Waals surface area contributed by atoms with E-state index in [2.05, 4.69) is 89.7 Å². The Balaban J connectivity index is 2.11. The molecule has 1 saturated carbocycles. The number of fused-ring (bicyclic) bond motifs is 2. The lowest BCUT2D eigenvalue weighted by atomic mass is 9.59. The van der Waals surface area contributed by atoms with E-state index in [0.717, 1.165) is 39.3 Å². The predicted molar refractivity (Wildman–Crippen MR) is 102 cm³/mol. The fourth-order valence-electron chi connectivity index (χ4n) is 3.87. The Morgan fingerprint density at radius 3 is 2.67 bits per heavy atom. The summed E-state index contributed by atoms with van der Waals surface area (Å²) in [6.45, 7) is 4.74. The highest BCUT2D eigenvalue weighted by molar-refractivity contribution is 9.11. The van der Waals surface area contributed by atoms with Crippen LogP contribution < -0.4 is 4.74 Å². The maximum Gasteiger partial charge on any atom is 0.137 e. The monoisotopic (exact) mass is 542 g/mol. The molecule has 0 unspecified atom stereocenters. The maximum atomic E-state index is 6.61. The maximum absolute atomic E-state index is 6.61. The molecule has 1 nitrogen and oxygen atoms in total. The second kappa shape index (κ2) is 5.78. The number of benzene rings is 1. The number of rotatable bonds is 1. The van der Waals surface area contributed by atoms with E-state index in [-0.39, 0.29) is 11.0 Å². The third kappa shape index (κ3) is 2.68. The van der Waals surface area contributed by atoms with Crippen molar-refractivity contribution in [3.8, 4) is 5.75 Å². The molecule has 3 atom stereocenters. The van der Waals surface area contributed by atoms with Gasteiger partial charge in [-0.1, -0.05) is 61.6 Å². The molecule has 1 aromatic carbocycles. The molecular formula is C16H18Br4O. The molecular weight excluding hydrogens is 528 g/mol. The van der Waals surface area contributed by atoms with Crippen LogP contribution in [0.2, 0.25) is 0 Å². The average molecular weight is 546 g/mol. The third-order valence-corrected chi connectivity index (χ3v) is 8.84. The lowest BCUT2D eigenvalue weighted by molar-refractivity contribution is -0.0734. The van der Waals surface area contributed by atoms with Gasteiger partial charge in [-0.05, 0) is 58.3 Å². The van der Waals surface area contributed by atoms with Crippen LogP contribution in [0.15, 0.2) is 21.1 Å². The summed E-state index contributed by atoms with van der Waals surface area (Å²) in [5, 5.41) is 0.885. The van der Waals surface area contributed by atoms with Gasteiger partial charge in [0.15, 0.2) is 0 Å². The first-order valence-electron chi connectivity index (χ1n) is 7.17. The van der Waals surface area contributed by atoms with Crippen LogP contribution in [0.4, 0.5) is 0 Å². The summed E-state index contributed by atoms with van der Waals surface area (Å²) in [5.74, 6) is 1.52. The van der Waals surface area contributed by atoms with Crippen LogP contribution in [0, 0.1) is 11.3 Å². The van der Waals surface area contributed by atoms with Crippen LogP contribution in [0.3, 0.4) is 0 Å². The molecule has 1 aromatic rings. The van der Waals surface area contributed by atoms with Gasteiger partial charge >= 0.3 is 0 Å². The molecule has 0 radical (unpaired) electrons. The lowest BCUT2D eigenvalue weighted by Gasteiger charge is -2.56. The number of alkyl halides is 2. The molecule has 116 valence electrons. The molecule has 0 saturated heterocycles. The van der Waals surface area contributed by atoms with Crippen LogP contribution >= 0.6 is 63.7 Å². The fourth-order valence-corrected chi connectivity index (χ4v) is 6.60. The van der Waals surface area contributed by atoms with E-state index in [9.17, 15) is 0 Å². The van der Waals surface area contributed by atoms with Crippen molar-refractivity contribution in [2.45, 2.75) is 43.5 Å². The Morgan fingerprint density at radius 1 is 1.29 bits per heavy atom. The van der Waals surface area contributed by atoms with Crippen molar-refractivity contribution in [3.05, 3.63) is 26.6 Å². The summed E-state index contributed by atoms with van der Waals surface area (Å²) in [6, 6.07) is 4.27. The van der Waals surface area contributed by atoms with Crippen molar-refractivity contribution in [2.75, 3.05) is 5.33 Å². The third-order valence-electron chi connectivity index (χ3n) is 5.20. The number of hydrogen-bond donors (Lipinski definition) is 0. The van der Waals surface area contributed by atoms with Crippen LogP contribution in [-0.2, 0) is 6.42 Å².